The van der Waals surface area contributed by atoms with Crippen LogP contribution < -0.4 is 4.74 Å². The summed E-state index contributed by atoms with van der Waals surface area (Å²) in [6.07, 6.45) is 2.18. The summed E-state index contributed by atoms with van der Waals surface area (Å²) < 4.78 is 11.2. The Kier molecular flexibility index (Phi) is 3.00. The van der Waals surface area contributed by atoms with Crippen molar-refractivity contribution in [3.63, 3.8) is 0 Å². The summed E-state index contributed by atoms with van der Waals surface area (Å²) >= 11 is 0. The smallest absolute Gasteiger partial charge is 0.128 e. The first-order valence-electron chi connectivity index (χ1n) is 6.39. The van der Waals surface area contributed by atoms with E-state index in [1.807, 2.05) is 30.3 Å². The Morgan fingerprint density at radius 3 is 2.47 bits per heavy atom. The molecule has 2 aromatic carbocycles. The van der Waals surface area contributed by atoms with E-state index in [-0.39, 0.29) is 6.10 Å². The lowest BCUT2D eigenvalue weighted by Gasteiger charge is -2.24. The third-order valence-corrected chi connectivity index (χ3v) is 3.40. The molecule has 0 radical (unpaired) electrons. The topological polar surface area (TPSA) is 18.5 Å². The van der Waals surface area contributed by atoms with E-state index in [2.05, 4.69) is 31.2 Å². The molecule has 0 N–H and O–H groups in total. The first kappa shape index (κ1) is 11.8. The maximum absolute atomic E-state index is 5.99. The summed E-state index contributed by atoms with van der Waals surface area (Å²) in [6, 6.07) is 16.3. The molecule has 1 heterocycles. The zero-order valence-electron chi connectivity index (χ0n) is 11.1. The molecule has 0 spiro atoms. The standard InChI is InChI=1S/C17H16O2/c1-12-16-6-4-3-5-14(16)11-17(19-12)13-7-9-15(18-2)10-8-13/h3-12H,1-2H3/t12-/m1/s1. The molecule has 0 saturated heterocycles. The van der Waals surface area contributed by atoms with E-state index in [1.54, 1.807) is 7.11 Å². The molecule has 1 aliphatic rings. The van der Waals surface area contributed by atoms with Gasteiger partial charge in [0.05, 0.1) is 7.11 Å². The quantitative estimate of drug-likeness (QED) is 0.794. The maximum atomic E-state index is 5.99. The van der Waals surface area contributed by atoms with Crippen molar-refractivity contribution in [2.75, 3.05) is 7.11 Å². The highest BCUT2D eigenvalue weighted by Crippen LogP contribution is 2.35. The third kappa shape index (κ3) is 2.22. The van der Waals surface area contributed by atoms with Crippen molar-refractivity contribution in [3.8, 4) is 5.75 Å². The molecule has 2 aromatic rings. The normalized spacial score (nSPS) is 17.2. The van der Waals surface area contributed by atoms with E-state index >= 15 is 0 Å². The van der Waals surface area contributed by atoms with Gasteiger partial charge in [0.15, 0.2) is 0 Å². The van der Waals surface area contributed by atoms with Crippen LogP contribution in [0.25, 0.3) is 11.8 Å². The van der Waals surface area contributed by atoms with Crippen LogP contribution in [0.4, 0.5) is 0 Å². The summed E-state index contributed by atoms with van der Waals surface area (Å²) in [5, 5.41) is 0. The van der Waals surface area contributed by atoms with Crippen molar-refractivity contribution in [1.82, 2.24) is 0 Å². The summed E-state index contributed by atoms with van der Waals surface area (Å²) in [5.41, 5.74) is 3.54. The van der Waals surface area contributed by atoms with Crippen molar-refractivity contribution in [2.45, 2.75) is 13.0 Å². The zero-order valence-corrected chi connectivity index (χ0v) is 11.1. The number of rotatable bonds is 2. The lowest BCUT2D eigenvalue weighted by atomic mass is 9.98. The summed E-state index contributed by atoms with van der Waals surface area (Å²) in [7, 11) is 1.67. The average molecular weight is 252 g/mol. The largest absolute Gasteiger partial charge is 0.497 e. The highest BCUT2D eigenvalue weighted by molar-refractivity contribution is 5.80. The molecule has 96 valence electrons. The maximum Gasteiger partial charge on any atom is 0.128 e. The van der Waals surface area contributed by atoms with Gasteiger partial charge in [0.1, 0.15) is 17.6 Å². The molecule has 0 aliphatic carbocycles. The monoisotopic (exact) mass is 252 g/mol. The van der Waals surface area contributed by atoms with Crippen LogP contribution in [-0.4, -0.2) is 7.11 Å². The molecular weight excluding hydrogens is 236 g/mol. The fourth-order valence-corrected chi connectivity index (χ4v) is 2.35. The second-order valence-corrected chi connectivity index (χ2v) is 4.63. The van der Waals surface area contributed by atoms with Gasteiger partial charge in [-0.05, 0) is 48.4 Å². The van der Waals surface area contributed by atoms with Crippen LogP contribution >= 0.6 is 0 Å². The highest BCUT2D eigenvalue weighted by Gasteiger charge is 2.18. The van der Waals surface area contributed by atoms with Crippen molar-refractivity contribution in [1.29, 1.82) is 0 Å². The molecule has 0 saturated carbocycles. The van der Waals surface area contributed by atoms with Gasteiger partial charge < -0.3 is 9.47 Å². The Bertz CT molecular complexity index is 611. The number of hydrogen-bond donors (Lipinski definition) is 0. The molecule has 1 atom stereocenters. The average Bonchev–Trinajstić information content (AvgIpc) is 2.47. The Hall–Kier alpha value is -2.22. The molecular formula is C17H16O2. The van der Waals surface area contributed by atoms with Crippen LogP contribution in [0.15, 0.2) is 48.5 Å². The number of ether oxygens (including phenoxy) is 2. The molecule has 0 aromatic heterocycles. The minimum absolute atomic E-state index is 0.0818. The van der Waals surface area contributed by atoms with Gasteiger partial charge in [0.25, 0.3) is 0 Å². The predicted molar refractivity (Wildman–Crippen MR) is 76.8 cm³/mol. The fraction of sp³-hybridized carbons (Fsp3) is 0.176. The third-order valence-electron chi connectivity index (χ3n) is 3.40. The Morgan fingerprint density at radius 1 is 1.00 bits per heavy atom. The number of benzene rings is 2. The van der Waals surface area contributed by atoms with Gasteiger partial charge in [0, 0.05) is 5.56 Å². The van der Waals surface area contributed by atoms with Crippen molar-refractivity contribution >= 4 is 11.8 Å². The second kappa shape index (κ2) is 4.81. The minimum Gasteiger partial charge on any atom is -0.497 e. The molecule has 2 heteroatoms. The van der Waals surface area contributed by atoms with Crippen LogP contribution in [0, 0.1) is 0 Å². The van der Waals surface area contributed by atoms with Crippen molar-refractivity contribution in [3.05, 3.63) is 65.2 Å². The van der Waals surface area contributed by atoms with E-state index in [9.17, 15) is 0 Å². The molecule has 0 unspecified atom stereocenters. The Morgan fingerprint density at radius 2 is 1.74 bits per heavy atom. The Labute approximate surface area is 113 Å². The van der Waals surface area contributed by atoms with E-state index < -0.39 is 0 Å². The lowest BCUT2D eigenvalue weighted by molar-refractivity contribution is 0.186. The molecule has 0 bridgehead atoms. The SMILES string of the molecule is COc1ccc(C2=Cc3ccccc3[C@@H](C)O2)cc1. The number of hydrogen-bond acceptors (Lipinski definition) is 2. The molecule has 0 fully saturated rings. The van der Waals surface area contributed by atoms with Crippen molar-refractivity contribution < 1.29 is 9.47 Å². The van der Waals surface area contributed by atoms with Gasteiger partial charge >= 0.3 is 0 Å². The van der Waals surface area contributed by atoms with Crippen LogP contribution in [0.2, 0.25) is 0 Å². The first-order chi connectivity index (χ1) is 9.28. The number of fused-ring (bicyclic) bond motifs is 1. The van der Waals surface area contributed by atoms with E-state index in [0.29, 0.717) is 0 Å². The summed E-state index contributed by atoms with van der Waals surface area (Å²) in [6.45, 7) is 2.08. The predicted octanol–water partition coefficient (Wildman–Crippen LogP) is 4.28. The van der Waals surface area contributed by atoms with Gasteiger partial charge in [-0.3, -0.25) is 0 Å². The fourth-order valence-electron chi connectivity index (χ4n) is 2.35. The molecule has 19 heavy (non-hydrogen) atoms. The minimum atomic E-state index is 0.0818. The lowest BCUT2D eigenvalue weighted by Crippen LogP contribution is -2.06. The van der Waals surface area contributed by atoms with Crippen LogP contribution in [0.1, 0.15) is 29.7 Å². The Balaban J connectivity index is 2.00. The number of methoxy groups -OCH3 is 1. The van der Waals surface area contributed by atoms with Crippen LogP contribution in [-0.2, 0) is 4.74 Å². The van der Waals surface area contributed by atoms with Crippen LogP contribution in [0.3, 0.4) is 0 Å². The van der Waals surface area contributed by atoms with Gasteiger partial charge in [-0.2, -0.15) is 0 Å². The van der Waals surface area contributed by atoms with E-state index in [1.165, 1.54) is 11.1 Å². The molecule has 1 aliphatic heterocycles. The molecule has 3 rings (SSSR count). The van der Waals surface area contributed by atoms with Crippen molar-refractivity contribution in [2.24, 2.45) is 0 Å². The molecule has 2 nitrogen and oxygen atoms in total. The first-order valence-corrected chi connectivity index (χ1v) is 6.39. The summed E-state index contributed by atoms with van der Waals surface area (Å²) in [5.74, 6) is 1.77. The highest BCUT2D eigenvalue weighted by atomic mass is 16.5. The van der Waals surface area contributed by atoms with E-state index in [0.717, 1.165) is 17.1 Å². The molecule has 0 amide bonds. The van der Waals surface area contributed by atoms with Gasteiger partial charge in [-0.15, -0.1) is 0 Å². The van der Waals surface area contributed by atoms with E-state index in [4.69, 9.17) is 9.47 Å². The van der Waals surface area contributed by atoms with Gasteiger partial charge in [0.2, 0.25) is 0 Å². The summed E-state index contributed by atoms with van der Waals surface area (Å²) in [4.78, 5) is 0. The van der Waals surface area contributed by atoms with Gasteiger partial charge in [-0.25, -0.2) is 0 Å². The second-order valence-electron chi connectivity index (χ2n) is 4.63. The zero-order chi connectivity index (χ0) is 13.2. The van der Waals surface area contributed by atoms with Crippen LogP contribution in [0.5, 0.6) is 5.75 Å². The van der Waals surface area contributed by atoms with Gasteiger partial charge in [-0.1, -0.05) is 24.3 Å².